The average molecular weight is 307 g/mol. The first kappa shape index (κ1) is 17.8. The minimum Gasteiger partial charge on any atom is -0.383 e. The zero-order valence-corrected chi connectivity index (χ0v) is 13.8. The van der Waals surface area contributed by atoms with Crippen molar-refractivity contribution in [3.05, 3.63) is 0 Å². The van der Waals surface area contributed by atoms with E-state index in [0.29, 0.717) is 19.7 Å². The lowest BCUT2D eigenvalue weighted by Gasteiger charge is -2.27. The summed E-state index contributed by atoms with van der Waals surface area (Å²) in [5.74, 6) is 0. The maximum absolute atomic E-state index is 12.5. The minimum atomic E-state index is -3.34. The van der Waals surface area contributed by atoms with Crippen LogP contribution >= 0.6 is 0 Å². The van der Waals surface area contributed by atoms with E-state index in [9.17, 15) is 8.42 Å². The van der Waals surface area contributed by atoms with Crippen molar-refractivity contribution in [3.63, 3.8) is 0 Å². The molecule has 20 heavy (non-hydrogen) atoms. The van der Waals surface area contributed by atoms with Gasteiger partial charge in [0.25, 0.3) is 10.2 Å². The Morgan fingerprint density at radius 2 is 1.95 bits per heavy atom. The van der Waals surface area contributed by atoms with Crippen LogP contribution in [0, 0.1) is 0 Å². The van der Waals surface area contributed by atoms with E-state index in [-0.39, 0.29) is 6.04 Å². The summed E-state index contributed by atoms with van der Waals surface area (Å²) in [5.41, 5.74) is 0. The SMILES string of the molecule is CCCNCCCN(C)S(=O)(=O)N(CCOC)C1CC1. The summed E-state index contributed by atoms with van der Waals surface area (Å²) >= 11 is 0. The van der Waals surface area contributed by atoms with Crippen LogP contribution in [0.2, 0.25) is 0 Å². The van der Waals surface area contributed by atoms with Crippen molar-refractivity contribution in [2.24, 2.45) is 0 Å². The van der Waals surface area contributed by atoms with Crippen LogP contribution in [0.4, 0.5) is 0 Å². The quantitative estimate of drug-likeness (QED) is 0.538. The number of rotatable bonds is 12. The summed E-state index contributed by atoms with van der Waals surface area (Å²) < 4.78 is 33.1. The summed E-state index contributed by atoms with van der Waals surface area (Å²) in [6.45, 7) is 5.40. The number of hydrogen-bond acceptors (Lipinski definition) is 4. The van der Waals surface area contributed by atoms with Gasteiger partial charge in [-0.15, -0.1) is 0 Å². The van der Waals surface area contributed by atoms with Gasteiger partial charge in [-0.05, 0) is 38.8 Å². The first-order valence-corrected chi connectivity index (χ1v) is 8.86. The Morgan fingerprint density at radius 3 is 2.50 bits per heavy atom. The van der Waals surface area contributed by atoms with Crippen LogP contribution in [0.3, 0.4) is 0 Å². The van der Waals surface area contributed by atoms with Crippen LogP contribution < -0.4 is 5.32 Å². The molecule has 0 unspecified atom stereocenters. The second kappa shape index (κ2) is 8.94. The standard InChI is InChI=1S/C13H29N3O3S/c1-4-8-14-9-5-10-15(2)20(17,18)16(11-12-19-3)13-6-7-13/h13-14H,4-12H2,1-3H3. The minimum absolute atomic E-state index is 0.177. The molecule has 0 atom stereocenters. The Hall–Kier alpha value is -0.210. The molecule has 0 aromatic heterocycles. The van der Waals surface area contributed by atoms with E-state index >= 15 is 0 Å². The number of nitrogens with zero attached hydrogens (tertiary/aromatic N) is 2. The fraction of sp³-hybridized carbons (Fsp3) is 1.00. The van der Waals surface area contributed by atoms with Crippen LogP contribution in [0.1, 0.15) is 32.6 Å². The predicted octanol–water partition coefficient (Wildman–Crippen LogP) is 0.664. The smallest absolute Gasteiger partial charge is 0.282 e. The summed E-state index contributed by atoms with van der Waals surface area (Å²) in [4.78, 5) is 0. The molecule has 0 aromatic rings. The molecule has 0 amide bonds. The van der Waals surface area contributed by atoms with E-state index in [2.05, 4.69) is 12.2 Å². The van der Waals surface area contributed by atoms with Crippen LogP contribution in [0.15, 0.2) is 0 Å². The van der Waals surface area contributed by atoms with E-state index in [1.54, 1.807) is 18.5 Å². The Morgan fingerprint density at radius 1 is 1.25 bits per heavy atom. The Labute approximate surface area is 123 Å². The Kier molecular flexibility index (Phi) is 7.98. The zero-order chi connectivity index (χ0) is 15.0. The van der Waals surface area contributed by atoms with Gasteiger partial charge in [-0.3, -0.25) is 0 Å². The van der Waals surface area contributed by atoms with Gasteiger partial charge in [0.05, 0.1) is 6.61 Å². The average Bonchev–Trinajstić information content (AvgIpc) is 3.23. The molecule has 7 heteroatoms. The molecule has 0 saturated heterocycles. The van der Waals surface area contributed by atoms with Crippen molar-refractivity contribution in [1.29, 1.82) is 0 Å². The highest BCUT2D eigenvalue weighted by molar-refractivity contribution is 7.86. The second-order valence-electron chi connectivity index (χ2n) is 5.27. The topological polar surface area (TPSA) is 61.9 Å². The van der Waals surface area contributed by atoms with Crippen molar-refractivity contribution in [2.45, 2.75) is 38.6 Å². The molecule has 1 N–H and O–H groups in total. The Balaban J connectivity index is 2.43. The van der Waals surface area contributed by atoms with Gasteiger partial charge in [-0.25, -0.2) is 0 Å². The number of ether oxygens (including phenoxy) is 1. The normalized spacial score (nSPS) is 16.2. The van der Waals surface area contributed by atoms with Crippen LogP contribution in [-0.2, 0) is 14.9 Å². The lowest BCUT2D eigenvalue weighted by atomic mass is 10.4. The van der Waals surface area contributed by atoms with Gasteiger partial charge in [-0.1, -0.05) is 6.92 Å². The van der Waals surface area contributed by atoms with E-state index in [0.717, 1.165) is 38.8 Å². The van der Waals surface area contributed by atoms with E-state index in [4.69, 9.17) is 4.74 Å². The predicted molar refractivity (Wildman–Crippen MR) is 80.9 cm³/mol. The van der Waals surface area contributed by atoms with Gasteiger partial charge in [0.15, 0.2) is 0 Å². The van der Waals surface area contributed by atoms with E-state index in [1.807, 2.05) is 0 Å². The van der Waals surface area contributed by atoms with Gasteiger partial charge >= 0.3 is 0 Å². The van der Waals surface area contributed by atoms with Gasteiger partial charge < -0.3 is 10.1 Å². The fourth-order valence-corrected chi connectivity index (χ4v) is 3.66. The third-order valence-corrected chi connectivity index (χ3v) is 5.46. The number of nitrogens with one attached hydrogen (secondary N) is 1. The maximum atomic E-state index is 12.5. The fourth-order valence-electron chi connectivity index (χ4n) is 2.05. The van der Waals surface area contributed by atoms with Gasteiger partial charge in [-0.2, -0.15) is 17.0 Å². The lowest BCUT2D eigenvalue weighted by Crippen LogP contribution is -2.45. The van der Waals surface area contributed by atoms with Gasteiger partial charge in [0, 0.05) is 33.3 Å². The highest BCUT2D eigenvalue weighted by atomic mass is 32.2. The van der Waals surface area contributed by atoms with Crippen molar-refractivity contribution >= 4 is 10.2 Å². The molecule has 1 saturated carbocycles. The molecular formula is C13H29N3O3S. The zero-order valence-electron chi connectivity index (χ0n) is 13.0. The molecule has 0 radical (unpaired) electrons. The molecule has 1 aliphatic carbocycles. The van der Waals surface area contributed by atoms with Crippen molar-refractivity contribution in [2.75, 3.05) is 46.9 Å². The molecule has 0 aromatic carbocycles. The number of methoxy groups -OCH3 is 1. The molecule has 6 nitrogen and oxygen atoms in total. The van der Waals surface area contributed by atoms with Gasteiger partial charge in [0.1, 0.15) is 0 Å². The van der Waals surface area contributed by atoms with Crippen LogP contribution in [0.5, 0.6) is 0 Å². The first-order valence-electron chi connectivity index (χ1n) is 7.46. The largest absolute Gasteiger partial charge is 0.383 e. The molecule has 0 aliphatic heterocycles. The van der Waals surface area contributed by atoms with E-state index < -0.39 is 10.2 Å². The Bertz CT molecular complexity index is 358. The highest BCUT2D eigenvalue weighted by Gasteiger charge is 2.38. The molecule has 1 rings (SSSR count). The summed E-state index contributed by atoms with van der Waals surface area (Å²) in [6, 6.07) is 0.177. The molecule has 120 valence electrons. The third-order valence-electron chi connectivity index (χ3n) is 3.41. The van der Waals surface area contributed by atoms with Gasteiger partial charge in [0.2, 0.25) is 0 Å². The van der Waals surface area contributed by atoms with Crippen molar-refractivity contribution in [1.82, 2.24) is 13.9 Å². The number of hydrogen-bond donors (Lipinski definition) is 1. The molecule has 1 fully saturated rings. The molecule has 0 heterocycles. The summed E-state index contributed by atoms with van der Waals surface area (Å²) in [6.07, 6.45) is 3.86. The highest BCUT2D eigenvalue weighted by Crippen LogP contribution is 2.29. The third kappa shape index (κ3) is 5.65. The molecule has 0 bridgehead atoms. The van der Waals surface area contributed by atoms with Crippen LogP contribution in [0.25, 0.3) is 0 Å². The lowest BCUT2D eigenvalue weighted by molar-refractivity contribution is 0.174. The molecular weight excluding hydrogens is 278 g/mol. The maximum Gasteiger partial charge on any atom is 0.282 e. The molecule has 0 spiro atoms. The summed E-state index contributed by atoms with van der Waals surface area (Å²) in [7, 11) is -0.0819. The first-order chi connectivity index (χ1) is 9.54. The second-order valence-corrected chi connectivity index (χ2v) is 7.26. The van der Waals surface area contributed by atoms with E-state index in [1.165, 1.54) is 4.31 Å². The monoisotopic (exact) mass is 307 g/mol. The summed E-state index contributed by atoms with van der Waals surface area (Å²) in [5, 5.41) is 3.29. The van der Waals surface area contributed by atoms with Crippen LogP contribution in [-0.4, -0.2) is 70.0 Å². The molecule has 1 aliphatic rings. The van der Waals surface area contributed by atoms with Crippen molar-refractivity contribution in [3.8, 4) is 0 Å². The van der Waals surface area contributed by atoms with Crippen molar-refractivity contribution < 1.29 is 13.2 Å².